The normalized spacial score (nSPS) is 10.7. The third kappa shape index (κ3) is 4.26. The lowest BCUT2D eigenvalue weighted by Gasteiger charge is -2.07. The molecule has 1 heterocycles. The molecule has 1 aromatic carbocycles. The maximum Gasteiger partial charge on any atom is 0.341 e. The minimum absolute atomic E-state index is 0.0491. The average Bonchev–Trinajstić information content (AvgIpc) is 2.98. The number of thiophene rings is 1. The Balaban J connectivity index is 2.32. The molecule has 1 amide bonds. The van der Waals surface area contributed by atoms with E-state index >= 15 is 0 Å². The molecule has 138 valence electrons. The molecule has 0 aliphatic heterocycles. The zero-order valence-corrected chi connectivity index (χ0v) is 15.8. The van der Waals surface area contributed by atoms with Gasteiger partial charge in [0, 0.05) is 22.1 Å². The monoisotopic (exact) mass is 376 g/mol. The maximum atomic E-state index is 12.5. The summed E-state index contributed by atoms with van der Waals surface area (Å²) in [7, 11) is 0. The molecule has 0 radical (unpaired) electrons. The Labute approximate surface area is 155 Å². The SMILES string of the molecule is CCOC(=O)c1cc(C(C)C)sc1NC(=O)c1ccc([N+](=O)[O-])c(C)c1. The van der Waals surface area contributed by atoms with Gasteiger partial charge in [-0.1, -0.05) is 13.8 Å². The zero-order valence-electron chi connectivity index (χ0n) is 15.0. The van der Waals surface area contributed by atoms with Crippen LogP contribution in [0.3, 0.4) is 0 Å². The van der Waals surface area contributed by atoms with Crippen molar-refractivity contribution in [3.05, 3.63) is 55.9 Å². The Hall–Kier alpha value is -2.74. The summed E-state index contributed by atoms with van der Waals surface area (Å²) in [4.78, 5) is 36.0. The number of benzene rings is 1. The van der Waals surface area contributed by atoms with Gasteiger partial charge in [0.25, 0.3) is 11.6 Å². The van der Waals surface area contributed by atoms with Gasteiger partial charge < -0.3 is 10.1 Å². The largest absolute Gasteiger partial charge is 0.462 e. The summed E-state index contributed by atoms with van der Waals surface area (Å²) < 4.78 is 5.05. The van der Waals surface area contributed by atoms with Gasteiger partial charge >= 0.3 is 5.97 Å². The number of esters is 1. The molecule has 2 aromatic rings. The Bertz CT molecular complexity index is 857. The van der Waals surface area contributed by atoms with Gasteiger partial charge in [0.1, 0.15) is 5.00 Å². The predicted octanol–water partition coefficient (Wildman–Crippen LogP) is 4.52. The number of carbonyl (C=O) groups is 2. The van der Waals surface area contributed by atoms with Crippen molar-refractivity contribution in [2.24, 2.45) is 0 Å². The van der Waals surface area contributed by atoms with Gasteiger partial charge in [-0.25, -0.2) is 4.79 Å². The van der Waals surface area contributed by atoms with Crippen molar-refractivity contribution >= 4 is 33.9 Å². The minimum atomic E-state index is -0.496. The third-order valence-electron chi connectivity index (χ3n) is 3.70. The number of ether oxygens (including phenoxy) is 1. The lowest BCUT2D eigenvalue weighted by molar-refractivity contribution is -0.385. The Kier molecular flexibility index (Phi) is 6.10. The van der Waals surface area contributed by atoms with E-state index in [0.717, 1.165) is 4.88 Å². The van der Waals surface area contributed by atoms with Crippen LogP contribution in [0.4, 0.5) is 10.7 Å². The second kappa shape index (κ2) is 8.09. The van der Waals surface area contributed by atoms with Crippen molar-refractivity contribution in [3.8, 4) is 0 Å². The van der Waals surface area contributed by atoms with Crippen LogP contribution >= 0.6 is 11.3 Å². The molecular formula is C18H20N2O5S. The highest BCUT2D eigenvalue weighted by Gasteiger charge is 2.21. The van der Waals surface area contributed by atoms with E-state index in [1.54, 1.807) is 19.9 Å². The highest BCUT2D eigenvalue weighted by molar-refractivity contribution is 7.16. The summed E-state index contributed by atoms with van der Waals surface area (Å²) >= 11 is 1.32. The molecule has 1 aromatic heterocycles. The molecule has 0 spiro atoms. The molecule has 1 N–H and O–H groups in total. The van der Waals surface area contributed by atoms with E-state index in [2.05, 4.69) is 5.32 Å². The van der Waals surface area contributed by atoms with E-state index in [4.69, 9.17) is 4.74 Å². The zero-order chi connectivity index (χ0) is 19.4. The van der Waals surface area contributed by atoms with Crippen LogP contribution in [-0.2, 0) is 4.74 Å². The van der Waals surface area contributed by atoms with Crippen LogP contribution in [0.25, 0.3) is 0 Å². The smallest absolute Gasteiger partial charge is 0.341 e. The van der Waals surface area contributed by atoms with Crippen molar-refractivity contribution in [2.45, 2.75) is 33.6 Å². The van der Waals surface area contributed by atoms with E-state index in [0.29, 0.717) is 16.1 Å². The molecule has 0 bridgehead atoms. The summed E-state index contributed by atoms with van der Waals surface area (Å²) in [6.45, 7) is 7.51. The second-order valence-corrected chi connectivity index (χ2v) is 7.06. The number of nitro benzene ring substituents is 1. The number of hydrogen-bond acceptors (Lipinski definition) is 6. The Morgan fingerprint density at radius 2 is 2.00 bits per heavy atom. The fourth-order valence-electron chi connectivity index (χ4n) is 2.32. The number of hydrogen-bond donors (Lipinski definition) is 1. The van der Waals surface area contributed by atoms with E-state index in [9.17, 15) is 19.7 Å². The maximum absolute atomic E-state index is 12.5. The van der Waals surface area contributed by atoms with Crippen LogP contribution in [0.1, 0.15) is 57.8 Å². The molecule has 8 heteroatoms. The van der Waals surface area contributed by atoms with Gasteiger partial charge in [0.2, 0.25) is 0 Å². The van der Waals surface area contributed by atoms with Crippen molar-refractivity contribution in [2.75, 3.05) is 11.9 Å². The van der Waals surface area contributed by atoms with Crippen LogP contribution in [0.5, 0.6) is 0 Å². The third-order valence-corrected chi connectivity index (χ3v) is 5.05. The van der Waals surface area contributed by atoms with Crippen LogP contribution in [0.15, 0.2) is 24.3 Å². The number of nitro groups is 1. The summed E-state index contributed by atoms with van der Waals surface area (Å²) in [5, 5.41) is 14.0. The molecular weight excluding hydrogens is 356 g/mol. The topological polar surface area (TPSA) is 98.5 Å². The van der Waals surface area contributed by atoms with Gasteiger partial charge in [-0.15, -0.1) is 11.3 Å². The van der Waals surface area contributed by atoms with Crippen LogP contribution in [0, 0.1) is 17.0 Å². The first-order chi connectivity index (χ1) is 12.2. The molecule has 0 saturated carbocycles. The fraction of sp³-hybridized carbons (Fsp3) is 0.333. The van der Waals surface area contributed by atoms with Gasteiger partial charge in [-0.05, 0) is 38.0 Å². The fourth-order valence-corrected chi connectivity index (χ4v) is 3.37. The highest BCUT2D eigenvalue weighted by atomic mass is 32.1. The standard InChI is InChI=1S/C18H20N2O5S/c1-5-25-18(22)13-9-15(10(2)3)26-17(13)19-16(21)12-6-7-14(20(23)24)11(4)8-12/h6-10H,5H2,1-4H3,(H,19,21). The number of nitrogens with one attached hydrogen (secondary N) is 1. The van der Waals surface area contributed by atoms with Gasteiger partial charge in [-0.3, -0.25) is 14.9 Å². The molecule has 0 saturated heterocycles. The summed E-state index contributed by atoms with van der Waals surface area (Å²) in [6, 6.07) is 5.87. The van der Waals surface area contributed by atoms with Crippen molar-refractivity contribution in [1.29, 1.82) is 0 Å². The van der Waals surface area contributed by atoms with Crippen molar-refractivity contribution in [1.82, 2.24) is 0 Å². The number of aryl methyl sites for hydroxylation is 1. The lowest BCUT2D eigenvalue weighted by atomic mass is 10.1. The highest BCUT2D eigenvalue weighted by Crippen LogP contribution is 2.34. The molecule has 0 unspecified atom stereocenters. The van der Waals surface area contributed by atoms with E-state index in [1.165, 1.54) is 29.5 Å². The van der Waals surface area contributed by atoms with E-state index in [-0.39, 0.29) is 23.8 Å². The first kappa shape index (κ1) is 19.6. The number of amides is 1. The molecule has 2 rings (SSSR count). The van der Waals surface area contributed by atoms with Crippen molar-refractivity contribution in [3.63, 3.8) is 0 Å². The van der Waals surface area contributed by atoms with E-state index < -0.39 is 16.8 Å². The molecule has 26 heavy (non-hydrogen) atoms. The number of anilines is 1. The number of rotatable bonds is 6. The average molecular weight is 376 g/mol. The summed E-state index contributed by atoms with van der Waals surface area (Å²) in [5.74, 6) is -0.739. The molecule has 0 fully saturated rings. The van der Waals surface area contributed by atoms with Gasteiger partial charge in [0.15, 0.2) is 0 Å². The van der Waals surface area contributed by atoms with Gasteiger partial charge in [-0.2, -0.15) is 0 Å². The number of nitrogens with zero attached hydrogens (tertiary/aromatic N) is 1. The molecule has 0 aliphatic rings. The Morgan fingerprint density at radius 3 is 2.54 bits per heavy atom. The van der Waals surface area contributed by atoms with Crippen LogP contribution in [-0.4, -0.2) is 23.4 Å². The molecule has 7 nitrogen and oxygen atoms in total. The van der Waals surface area contributed by atoms with E-state index in [1.807, 2.05) is 13.8 Å². The summed E-state index contributed by atoms with van der Waals surface area (Å²) in [5.41, 5.74) is 0.934. The van der Waals surface area contributed by atoms with Crippen molar-refractivity contribution < 1.29 is 19.2 Å². The van der Waals surface area contributed by atoms with Crippen LogP contribution < -0.4 is 5.32 Å². The Morgan fingerprint density at radius 1 is 1.31 bits per heavy atom. The summed E-state index contributed by atoms with van der Waals surface area (Å²) in [6.07, 6.45) is 0. The van der Waals surface area contributed by atoms with Gasteiger partial charge in [0.05, 0.1) is 17.1 Å². The van der Waals surface area contributed by atoms with Crippen LogP contribution in [0.2, 0.25) is 0 Å². The minimum Gasteiger partial charge on any atom is -0.462 e. The first-order valence-electron chi connectivity index (χ1n) is 8.11. The number of carbonyl (C=O) groups excluding carboxylic acids is 2. The lowest BCUT2D eigenvalue weighted by Crippen LogP contribution is -2.14. The predicted molar refractivity (Wildman–Crippen MR) is 100 cm³/mol. The molecule has 0 aliphatic carbocycles. The molecule has 0 atom stereocenters. The second-order valence-electron chi connectivity index (χ2n) is 5.98. The quantitative estimate of drug-likeness (QED) is 0.454. The first-order valence-corrected chi connectivity index (χ1v) is 8.93.